The van der Waals surface area contributed by atoms with Crippen molar-refractivity contribution in [3.63, 3.8) is 0 Å². The van der Waals surface area contributed by atoms with E-state index in [4.69, 9.17) is 0 Å². The molecule has 2 aromatic rings. The normalized spacial score (nSPS) is 12.3. The number of anilines is 1. The summed E-state index contributed by atoms with van der Waals surface area (Å²) in [5, 5.41) is 7.64. The molecule has 4 heteroatoms. The third kappa shape index (κ3) is 4.09. The van der Waals surface area contributed by atoms with Crippen LogP contribution in [0, 0.1) is 0 Å². The van der Waals surface area contributed by atoms with Gasteiger partial charge >= 0.3 is 0 Å². The number of hydrogen-bond donors (Lipinski definition) is 1. The monoisotopic (exact) mass is 258 g/mol. The van der Waals surface area contributed by atoms with Crippen LogP contribution in [-0.4, -0.2) is 20.8 Å². The summed E-state index contributed by atoms with van der Waals surface area (Å²) >= 11 is 0. The van der Waals surface area contributed by atoms with Gasteiger partial charge in [-0.25, -0.2) is 9.67 Å². The first-order valence-electron chi connectivity index (χ1n) is 7.01. The van der Waals surface area contributed by atoms with Crippen LogP contribution in [0.3, 0.4) is 0 Å². The second kappa shape index (κ2) is 6.92. The molecule has 0 aliphatic heterocycles. The zero-order chi connectivity index (χ0) is 13.5. The SMILES string of the molecule is CCCCCC(C)Nc1ccc(-n2cncn2)cc1. The van der Waals surface area contributed by atoms with Gasteiger partial charge in [-0.3, -0.25) is 0 Å². The van der Waals surface area contributed by atoms with Crippen LogP contribution in [0.15, 0.2) is 36.9 Å². The van der Waals surface area contributed by atoms with Crippen molar-refractivity contribution in [1.82, 2.24) is 14.8 Å². The smallest absolute Gasteiger partial charge is 0.138 e. The van der Waals surface area contributed by atoms with Gasteiger partial charge in [0.1, 0.15) is 12.7 Å². The predicted molar refractivity (Wildman–Crippen MR) is 78.6 cm³/mol. The van der Waals surface area contributed by atoms with E-state index in [1.807, 2.05) is 0 Å². The summed E-state index contributed by atoms with van der Waals surface area (Å²) in [6.45, 7) is 4.47. The van der Waals surface area contributed by atoms with E-state index in [9.17, 15) is 0 Å². The lowest BCUT2D eigenvalue weighted by Crippen LogP contribution is -2.14. The van der Waals surface area contributed by atoms with Crippen LogP contribution in [-0.2, 0) is 0 Å². The van der Waals surface area contributed by atoms with Crippen LogP contribution in [0.4, 0.5) is 5.69 Å². The van der Waals surface area contributed by atoms with Crippen molar-refractivity contribution in [2.45, 2.75) is 45.6 Å². The third-order valence-electron chi connectivity index (χ3n) is 3.20. The highest BCUT2D eigenvalue weighted by molar-refractivity contribution is 5.48. The Kier molecular flexibility index (Phi) is 4.95. The Morgan fingerprint density at radius 2 is 2.00 bits per heavy atom. The summed E-state index contributed by atoms with van der Waals surface area (Å²) in [6, 6.07) is 8.80. The Bertz CT molecular complexity index is 461. The summed E-state index contributed by atoms with van der Waals surface area (Å²) in [5.74, 6) is 0. The molecule has 1 N–H and O–H groups in total. The molecule has 0 bridgehead atoms. The molecule has 1 aromatic carbocycles. The van der Waals surface area contributed by atoms with E-state index in [1.165, 1.54) is 25.7 Å². The third-order valence-corrected chi connectivity index (χ3v) is 3.20. The number of aromatic nitrogens is 3. The average molecular weight is 258 g/mol. The molecule has 4 nitrogen and oxygen atoms in total. The van der Waals surface area contributed by atoms with Gasteiger partial charge in [0.2, 0.25) is 0 Å². The first-order valence-corrected chi connectivity index (χ1v) is 7.01. The van der Waals surface area contributed by atoms with Crippen molar-refractivity contribution < 1.29 is 0 Å². The number of unbranched alkanes of at least 4 members (excludes halogenated alkanes) is 2. The fraction of sp³-hybridized carbons (Fsp3) is 0.467. The van der Waals surface area contributed by atoms with Gasteiger partial charge in [-0.1, -0.05) is 26.2 Å². The highest BCUT2D eigenvalue weighted by atomic mass is 15.3. The number of benzene rings is 1. The Hall–Kier alpha value is -1.84. The first-order chi connectivity index (χ1) is 9.29. The molecular weight excluding hydrogens is 236 g/mol. The molecule has 1 heterocycles. The fourth-order valence-electron chi connectivity index (χ4n) is 2.11. The summed E-state index contributed by atoms with van der Waals surface area (Å²) in [5.41, 5.74) is 2.19. The van der Waals surface area contributed by atoms with Crippen LogP contribution in [0.5, 0.6) is 0 Å². The van der Waals surface area contributed by atoms with Crippen molar-refractivity contribution in [2.75, 3.05) is 5.32 Å². The van der Waals surface area contributed by atoms with E-state index in [-0.39, 0.29) is 0 Å². The lowest BCUT2D eigenvalue weighted by molar-refractivity contribution is 0.615. The Labute approximate surface area is 114 Å². The lowest BCUT2D eigenvalue weighted by Gasteiger charge is -2.15. The van der Waals surface area contributed by atoms with Crippen molar-refractivity contribution in [3.05, 3.63) is 36.9 Å². The van der Waals surface area contributed by atoms with Gasteiger partial charge in [0.15, 0.2) is 0 Å². The number of nitrogens with one attached hydrogen (secondary N) is 1. The van der Waals surface area contributed by atoms with Gasteiger partial charge in [0.05, 0.1) is 5.69 Å². The lowest BCUT2D eigenvalue weighted by atomic mass is 10.1. The van der Waals surface area contributed by atoms with Crippen LogP contribution >= 0.6 is 0 Å². The molecule has 0 amide bonds. The molecule has 0 saturated carbocycles. The van der Waals surface area contributed by atoms with E-state index >= 15 is 0 Å². The van der Waals surface area contributed by atoms with Gasteiger partial charge in [-0.2, -0.15) is 5.10 Å². The van der Waals surface area contributed by atoms with Crippen LogP contribution in [0.25, 0.3) is 5.69 Å². The number of hydrogen-bond acceptors (Lipinski definition) is 3. The highest BCUT2D eigenvalue weighted by Crippen LogP contribution is 2.15. The molecule has 0 spiro atoms. The molecule has 0 saturated heterocycles. The summed E-state index contributed by atoms with van der Waals surface area (Å²) in [7, 11) is 0. The molecule has 2 rings (SSSR count). The van der Waals surface area contributed by atoms with Crippen LogP contribution < -0.4 is 5.32 Å². The Morgan fingerprint density at radius 3 is 2.63 bits per heavy atom. The minimum absolute atomic E-state index is 0.517. The van der Waals surface area contributed by atoms with E-state index in [2.05, 4.69) is 53.5 Å². The maximum Gasteiger partial charge on any atom is 0.138 e. The largest absolute Gasteiger partial charge is 0.383 e. The van der Waals surface area contributed by atoms with Crippen LogP contribution in [0.1, 0.15) is 39.5 Å². The summed E-state index contributed by atoms with van der Waals surface area (Å²) in [4.78, 5) is 3.95. The van der Waals surface area contributed by atoms with Crippen molar-refractivity contribution in [3.8, 4) is 5.69 Å². The van der Waals surface area contributed by atoms with Gasteiger partial charge in [-0.15, -0.1) is 0 Å². The van der Waals surface area contributed by atoms with E-state index in [0.29, 0.717) is 6.04 Å². The van der Waals surface area contributed by atoms with Crippen molar-refractivity contribution >= 4 is 5.69 Å². The molecule has 0 aliphatic rings. The van der Waals surface area contributed by atoms with E-state index < -0.39 is 0 Å². The molecule has 1 aromatic heterocycles. The quantitative estimate of drug-likeness (QED) is 0.771. The second-order valence-electron chi connectivity index (χ2n) is 4.93. The van der Waals surface area contributed by atoms with Crippen molar-refractivity contribution in [2.24, 2.45) is 0 Å². The minimum Gasteiger partial charge on any atom is -0.383 e. The maximum absolute atomic E-state index is 4.11. The van der Waals surface area contributed by atoms with Crippen LogP contribution in [0.2, 0.25) is 0 Å². The fourth-order valence-corrected chi connectivity index (χ4v) is 2.11. The molecule has 0 fully saturated rings. The summed E-state index contributed by atoms with van der Waals surface area (Å²) in [6.07, 6.45) is 8.36. The van der Waals surface area contributed by atoms with Crippen molar-refractivity contribution in [1.29, 1.82) is 0 Å². The minimum atomic E-state index is 0.517. The van der Waals surface area contributed by atoms with Gasteiger partial charge in [-0.05, 0) is 37.6 Å². The highest BCUT2D eigenvalue weighted by Gasteiger charge is 2.02. The standard InChI is InChI=1S/C15H22N4/c1-3-4-5-6-13(2)18-14-7-9-15(10-8-14)19-12-16-11-17-19/h7-13,18H,3-6H2,1-2H3. The van der Waals surface area contributed by atoms with E-state index in [0.717, 1.165) is 11.4 Å². The number of nitrogens with zero attached hydrogens (tertiary/aromatic N) is 3. The predicted octanol–water partition coefficient (Wildman–Crippen LogP) is 3.65. The van der Waals surface area contributed by atoms with Gasteiger partial charge < -0.3 is 5.32 Å². The van der Waals surface area contributed by atoms with Gasteiger partial charge in [0, 0.05) is 11.7 Å². The maximum atomic E-state index is 4.11. The molecule has 0 radical (unpaired) electrons. The average Bonchev–Trinajstić information content (AvgIpc) is 2.94. The zero-order valence-electron chi connectivity index (χ0n) is 11.7. The second-order valence-corrected chi connectivity index (χ2v) is 4.93. The molecule has 19 heavy (non-hydrogen) atoms. The molecule has 0 aliphatic carbocycles. The zero-order valence-corrected chi connectivity index (χ0v) is 11.7. The molecule has 1 unspecified atom stereocenters. The first kappa shape index (κ1) is 13.6. The molecule has 1 atom stereocenters. The van der Waals surface area contributed by atoms with Gasteiger partial charge in [0.25, 0.3) is 0 Å². The Morgan fingerprint density at radius 1 is 1.21 bits per heavy atom. The molecule has 102 valence electrons. The topological polar surface area (TPSA) is 42.7 Å². The molecular formula is C15H22N4. The Balaban J connectivity index is 1.88. The number of rotatable bonds is 7. The van der Waals surface area contributed by atoms with E-state index in [1.54, 1.807) is 17.3 Å². The summed E-state index contributed by atoms with van der Waals surface area (Å²) < 4.78 is 1.76.